The minimum Gasteiger partial charge on any atom is -0.507 e. The maximum atomic E-state index is 13.1. The van der Waals surface area contributed by atoms with E-state index in [1.165, 1.54) is 189 Å². The molecule has 0 atom stereocenters. The molecule has 16 rings (SSSR count). The van der Waals surface area contributed by atoms with E-state index in [9.17, 15) is 137 Å². The normalized spacial score (nSPS) is 12.2. The van der Waals surface area contributed by atoms with Crippen LogP contribution in [0.15, 0.2) is 343 Å². The fourth-order valence-corrected chi connectivity index (χ4v) is 17.9. The second-order valence-electron chi connectivity index (χ2n) is 31.2. The van der Waals surface area contributed by atoms with Crippen molar-refractivity contribution in [2.45, 2.75) is 36.3 Å². The molecule has 0 radical (unpaired) electrons. The number of aromatic carboxylic acids is 1. The number of anilines is 6. The lowest BCUT2D eigenvalue weighted by Gasteiger charge is -2.13. The van der Waals surface area contributed by atoms with Crippen LogP contribution in [0.1, 0.15) is 28.4 Å². The van der Waals surface area contributed by atoms with Gasteiger partial charge in [-0.15, -0.1) is 20.5 Å². The first-order valence-electron chi connectivity index (χ1n) is 41.4. The van der Waals surface area contributed by atoms with Gasteiger partial charge >= 0.3 is 30.0 Å². The van der Waals surface area contributed by atoms with Gasteiger partial charge in [0.1, 0.15) is 53.8 Å². The SMILES string of the molecule is CC(=O)/C=C/c1ccc(N=Nc2c(S(=O)(=O)O)cc3cc(NC(=O)Nc4ccc5c(O)c(N=Nc6ccc(/C=C/C(=O)O)cc6)c(S(=O)(=O)O)cc5c4)ccc3c2O)cc1.O=C(Nc1ccc2c(O)c(N=Nc3ccccc3)c(S(=O)(=O)O)cc2c1)Nc1ccc2c(O)c(N=Nc3ccc(C(=O)O)cc3)c(S(=O)(=O)O)cc2c1.O=C(Nc1ccc2c(O)cc(S(=O)(=O)O)cc2c1)Nc1ccc2c(O)cc(S(=O)(=O)O)cc2c1. The molecule has 0 bridgehead atoms. The summed E-state index contributed by atoms with van der Waals surface area (Å²) in [6.45, 7) is 1.40. The van der Waals surface area contributed by atoms with Gasteiger partial charge in [0.2, 0.25) is 0 Å². The molecule has 6 amide bonds. The summed E-state index contributed by atoms with van der Waals surface area (Å²) >= 11 is 0. The fraction of sp³-hybridized carbons (Fsp3) is 0.0105. The summed E-state index contributed by atoms with van der Waals surface area (Å²) in [6.07, 6.45) is 5.25. The van der Waals surface area contributed by atoms with E-state index >= 15 is 0 Å². The molecule has 147 heavy (non-hydrogen) atoms. The van der Waals surface area contributed by atoms with Gasteiger partial charge in [0, 0.05) is 84.7 Å². The number of aliphatic carboxylic acids is 1. The van der Waals surface area contributed by atoms with E-state index in [1.54, 1.807) is 48.5 Å². The number of nitrogens with zero attached hydrogens (tertiary/aromatic N) is 8. The van der Waals surface area contributed by atoms with Crippen molar-refractivity contribution in [3.63, 3.8) is 0 Å². The number of azo groups is 4. The number of carboxylic acids is 2. The van der Waals surface area contributed by atoms with Crippen LogP contribution < -0.4 is 31.9 Å². The number of carbonyl (C=O) groups excluding carboxylic acids is 4. The fourth-order valence-electron chi connectivity index (χ4n) is 14.2. The molecule has 0 aliphatic heterocycles. The summed E-state index contributed by atoms with van der Waals surface area (Å²) in [5.74, 6) is -5.73. The first-order chi connectivity index (χ1) is 69.2. The molecule has 0 saturated carbocycles. The standard InChI is InChI=1S/C40H30N6O12S2.C34H24N6O11S2.C21H16N2O9S2/c1-22(47)2-3-23-4-9-27(10-5-23)43-45-36-33(59(53,54)55)20-25-18-29(13-15-31(25)38(36)50)41-40(52)42-30-14-16-32-26(19-30)21-34(60(56,57)58)37(39(32)51)46-44-28-11-6-24(7-12-28)8-17-35(48)49;41-31-25-12-10-23(14-19(25)16-27(52(46,47)48)29(31)39-37-21-4-2-1-3-5-21)35-34(45)36-24-11-13-26-20(15-24)17-28(53(49,50)51)30(32(26)42)40-38-22-8-6-18(7-9-22)33(43)44;24-19-9-15(33(27,28)29)7-11-5-13(1-3-17(11)19)22-21(26)23-14-2-4-18-12(6-14)8-16(10-20(18)25)34(30,31)32/h2-21,50-51H,1H3,(H,48,49)(H2,41,42,52)(H,53,54,55)(H,56,57,58);1-17,41-42H,(H,43,44)(H2,35,36,45)(H,46,47,48)(H,49,50,51);1-10,24-25H,(H2,22,23,26)(H,27,28,29)(H,30,31,32)/b3-2+,17-8+,45-43?,46-44?;;. The van der Waals surface area contributed by atoms with Crippen LogP contribution in [0.2, 0.25) is 0 Å². The molecule has 0 spiro atoms. The minimum absolute atomic E-state index is 0.0292. The van der Waals surface area contributed by atoms with Gasteiger partial charge in [0.05, 0.1) is 38.1 Å². The Hall–Kier alpha value is -18.4. The number of urea groups is 3. The lowest BCUT2D eigenvalue weighted by Crippen LogP contribution is -2.19. The maximum Gasteiger partial charge on any atom is 0.335 e. The molecule has 52 heteroatoms. The zero-order valence-corrected chi connectivity index (χ0v) is 79.2. The zero-order chi connectivity index (χ0) is 106. The van der Waals surface area contributed by atoms with Crippen molar-refractivity contribution in [3.05, 3.63) is 290 Å². The quantitative estimate of drug-likeness (QED) is 0.0144. The Morgan fingerprint density at radius 2 is 0.510 bits per heavy atom. The third-order valence-corrected chi connectivity index (χ3v) is 26.0. The first-order valence-corrected chi connectivity index (χ1v) is 50.1. The molecule has 16 aromatic carbocycles. The van der Waals surface area contributed by atoms with Crippen molar-refractivity contribution < 1.29 is 147 Å². The Morgan fingerprint density at radius 3 is 0.755 bits per heavy atom. The molecular formula is C95H70N14O32S6. The molecule has 20 N–H and O–H groups in total. The van der Waals surface area contributed by atoms with Crippen LogP contribution in [0, 0.1) is 0 Å². The minimum atomic E-state index is -4.98. The Balaban J connectivity index is 0.000000180. The highest BCUT2D eigenvalue weighted by Gasteiger charge is 2.29. The van der Waals surface area contributed by atoms with Crippen molar-refractivity contribution in [2.24, 2.45) is 40.9 Å². The van der Waals surface area contributed by atoms with Crippen molar-refractivity contribution in [2.75, 3.05) is 31.9 Å². The van der Waals surface area contributed by atoms with Gasteiger partial charge < -0.3 is 72.8 Å². The molecule has 46 nitrogen and oxygen atoms in total. The topological polar surface area (TPSA) is 762 Å². The molecule has 748 valence electrons. The average Bonchev–Trinajstić information content (AvgIpc) is 0.764. The zero-order valence-electron chi connectivity index (χ0n) is 74.3. The van der Waals surface area contributed by atoms with E-state index in [2.05, 4.69) is 72.8 Å². The Bertz CT molecular complexity index is 8820. The number of aromatic hydroxyl groups is 6. The number of nitrogens with one attached hydrogen (secondary N) is 6. The van der Waals surface area contributed by atoms with E-state index in [4.69, 9.17) is 10.2 Å². The number of fused-ring (bicyclic) bond motifs is 6. The van der Waals surface area contributed by atoms with Crippen molar-refractivity contribution in [3.8, 4) is 34.5 Å². The van der Waals surface area contributed by atoms with Gasteiger partial charge in [-0.1, -0.05) is 48.5 Å². The molecule has 0 fully saturated rings. The Kier molecular flexibility index (Phi) is 30.2. The average molecular weight is 2110 g/mol. The van der Waals surface area contributed by atoms with Crippen LogP contribution in [-0.2, 0) is 70.3 Å². The molecule has 0 aromatic heterocycles. The number of ketones is 1. The smallest absolute Gasteiger partial charge is 0.335 e. The molecule has 0 unspecified atom stereocenters. The third-order valence-electron chi connectivity index (χ3n) is 20.9. The second kappa shape index (κ2) is 42.4. The molecule has 0 aliphatic rings. The van der Waals surface area contributed by atoms with Crippen LogP contribution in [0.25, 0.3) is 76.8 Å². The maximum absolute atomic E-state index is 13.1. The van der Waals surface area contributed by atoms with Crippen LogP contribution in [0.3, 0.4) is 0 Å². The molecule has 16 aromatic rings. The summed E-state index contributed by atoms with van der Waals surface area (Å²) in [4.78, 5) is 67.4. The number of hydrogen-bond acceptors (Lipinski definition) is 32. The van der Waals surface area contributed by atoms with Crippen LogP contribution in [0.4, 0.5) is 94.0 Å². The number of carbonyl (C=O) groups is 6. The van der Waals surface area contributed by atoms with Gasteiger partial charge in [0.15, 0.2) is 28.8 Å². The predicted molar refractivity (Wildman–Crippen MR) is 536 cm³/mol. The van der Waals surface area contributed by atoms with Gasteiger partial charge in [-0.25, -0.2) is 24.0 Å². The van der Waals surface area contributed by atoms with Gasteiger partial charge in [-0.2, -0.15) is 71.0 Å². The number of allylic oxidation sites excluding steroid dienone is 1. The largest absolute Gasteiger partial charge is 0.507 e. The van der Waals surface area contributed by atoms with E-state index < -0.39 is 166 Å². The predicted octanol–water partition coefficient (Wildman–Crippen LogP) is 20.7. The summed E-state index contributed by atoms with van der Waals surface area (Å²) < 4.78 is 202. The van der Waals surface area contributed by atoms with E-state index in [0.717, 1.165) is 54.6 Å². The van der Waals surface area contributed by atoms with Crippen molar-refractivity contribution in [1.29, 1.82) is 0 Å². The van der Waals surface area contributed by atoms with E-state index in [1.807, 2.05) is 0 Å². The lowest BCUT2D eigenvalue weighted by molar-refractivity contribution is -0.131. The van der Waals surface area contributed by atoms with Crippen LogP contribution in [0.5, 0.6) is 34.5 Å². The van der Waals surface area contributed by atoms with Gasteiger partial charge in [-0.05, 0) is 269 Å². The number of rotatable bonds is 25. The summed E-state index contributed by atoms with van der Waals surface area (Å²) in [6, 6.07) is 56.4. The number of hydrogen-bond donors (Lipinski definition) is 20. The first kappa shape index (κ1) is 104. The number of benzene rings is 16. The molecular weight excluding hydrogens is 2040 g/mol. The van der Waals surface area contributed by atoms with Crippen LogP contribution >= 0.6 is 0 Å². The van der Waals surface area contributed by atoms with Crippen LogP contribution in [-0.4, -0.2) is 154 Å². The lowest BCUT2D eigenvalue weighted by atomic mass is 10.1. The van der Waals surface area contributed by atoms with Crippen molar-refractivity contribution >= 4 is 253 Å². The third kappa shape index (κ3) is 25.8. The summed E-state index contributed by atoms with van der Waals surface area (Å²) in [5, 5.41) is 130. The number of phenolic OH excluding ortho intramolecular Hbond substituents is 6. The molecule has 0 heterocycles. The Labute approximate surface area is 828 Å². The molecule has 0 saturated heterocycles. The van der Waals surface area contributed by atoms with Gasteiger partial charge in [0.25, 0.3) is 60.7 Å². The highest BCUT2D eigenvalue weighted by Crippen LogP contribution is 2.48. The summed E-state index contributed by atoms with van der Waals surface area (Å²) in [5.41, 5.74) is 0.897. The second-order valence-corrected chi connectivity index (χ2v) is 39.6. The highest BCUT2D eigenvalue weighted by atomic mass is 32.2. The number of amides is 6. The number of phenols is 6. The monoisotopic (exact) mass is 2110 g/mol. The summed E-state index contributed by atoms with van der Waals surface area (Å²) in [7, 11) is -28.9. The van der Waals surface area contributed by atoms with Gasteiger partial charge in [-0.3, -0.25) is 32.1 Å². The van der Waals surface area contributed by atoms with Crippen molar-refractivity contribution in [1.82, 2.24) is 0 Å². The number of carboxylic acid groups (broad SMARTS) is 2. The molecule has 0 aliphatic carbocycles. The highest BCUT2D eigenvalue weighted by molar-refractivity contribution is 7.87. The van der Waals surface area contributed by atoms with E-state index in [-0.39, 0.29) is 128 Å². The van der Waals surface area contributed by atoms with E-state index in [0.29, 0.717) is 27.6 Å². The Morgan fingerprint density at radius 1 is 0.265 bits per heavy atom.